The largest absolute Gasteiger partial charge is 0.0610 e. The third kappa shape index (κ3) is 5.30. The van der Waals surface area contributed by atoms with E-state index in [4.69, 9.17) is 0 Å². The van der Waals surface area contributed by atoms with Crippen LogP contribution in [0, 0.1) is 0 Å². The van der Waals surface area contributed by atoms with Crippen LogP contribution in [0.3, 0.4) is 0 Å². The zero-order valence-electron chi connectivity index (χ0n) is 33.6. The summed E-state index contributed by atoms with van der Waals surface area (Å²) in [5, 5.41) is 24.6. The summed E-state index contributed by atoms with van der Waals surface area (Å²) in [5.74, 6) is 0. The quantitative estimate of drug-likeness (QED) is 0.129. The lowest BCUT2D eigenvalue weighted by Crippen LogP contribution is -2.01. The first kappa shape index (κ1) is 33.9. The van der Waals surface area contributed by atoms with Crippen molar-refractivity contribution in [2.24, 2.45) is 0 Å². The second-order valence-electron chi connectivity index (χ2n) is 17.4. The van der Waals surface area contributed by atoms with E-state index in [-0.39, 0.29) is 0 Å². The van der Waals surface area contributed by atoms with E-state index < -0.39 is 0 Å². The first-order chi connectivity index (χ1) is 29.7. The van der Waals surface area contributed by atoms with Crippen molar-refractivity contribution < 1.29 is 0 Å². The summed E-state index contributed by atoms with van der Waals surface area (Å²) in [4.78, 5) is 0. The van der Waals surface area contributed by atoms with Gasteiger partial charge in [0.15, 0.2) is 0 Å². The highest BCUT2D eigenvalue weighted by Crippen LogP contribution is 2.39. The molecule has 0 atom stereocenters. The average molecular weight is 763 g/mol. The summed E-state index contributed by atoms with van der Waals surface area (Å²) in [7, 11) is 0. The van der Waals surface area contributed by atoms with Gasteiger partial charge in [0.05, 0.1) is 0 Å². The molecule has 0 spiro atoms. The van der Waals surface area contributed by atoms with E-state index in [1.807, 2.05) is 0 Å². The predicted octanol–water partition coefficient (Wildman–Crippen LogP) is 15.7. The second kappa shape index (κ2) is 13.2. The maximum absolute atomic E-state index is 2.52. The minimum atomic E-state index is 1.01. The molecule has 0 fully saturated rings. The summed E-state index contributed by atoms with van der Waals surface area (Å²) < 4.78 is 0. The van der Waals surface area contributed by atoms with Gasteiger partial charge in [-0.1, -0.05) is 182 Å². The van der Waals surface area contributed by atoms with Crippen molar-refractivity contribution in [1.82, 2.24) is 0 Å². The van der Waals surface area contributed by atoms with Gasteiger partial charge < -0.3 is 0 Å². The van der Waals surface area contributed by atoms with Crippen LogP contribution in [0.2, 0.25) is 0 Å². The normalized spacial score (nSPS) is 12.4. The van der Waals surface area contributed by atoms with Crippen LogP contribution >= 0.6 is 0 Å². The van der Waals surface area contributed by atoms with Crippen LogP contribution in [0.5, 0.6) is 0 Å². The Kier molecular flexibility index (Phi) is 7.49. The molecule has 282 valence electrons. The molecule has 13 rings (SSSR count). The molecule has 0 unspecified atom stereocenters. The van der Waals surface area contributed by atoms with Crippen molar-refractivity contribution in [1.29, 1.82) is 0 Å². The standard InChI is InChI=1S/C60H42/c1-4-43-22-25-49-19-16-40(52-31-28-46(7-1)55(43)58(49)52)13-10-37-34-38(11-14-41-17-20-50-26-23-44-5-2-8-47-29-32-53(41)59(50)56(44)47)36-39(35-37)12-15-42-18-21-51-27-24-45-6-3-9-48-30-33-54(42)60(51)57(45)48/h1-9,16-36H,10-15H2. The van der Waals surface area contributed by atoms with Crippen LogP contribution in [0.1, 0.15) is 33.4 Å². The summed E-state index contributed by atoms with van der Waals surface area (Å²) in [5.41, 5.74) is 8.65. The van der Waals surface area contributed by atoms with Crippen molar-refractivity contribution in [2.75, 3.05) is 0 Å². The predicted molar refractivity (Wildman–Crippen MR) is 259 cm³/mol. The molecular formula is C60H42. The Morgan fingerprint density at radius 3 is 0.717 bits per heavy atom. The molecule has 0 amide bonds. The Bertz CT molecular complexity index is 3320. The van der Waals surface area contributed by atoms with Crippen LogP contribution in [-0.4, -0.2) is 0 Å². The number of hydrogen-bond donors (Lipinski definition) is 0. The van der Waals surface area contributed by atoms with Gasteiger partial charge in [-0.3, -0.25) is 0 Å². The zero-order valence-corrected chi connectivity index (χ0v) is 33.6. The van der Waals surface area contributed by atoms with E-state index in [9.17, 15) is 0 Å². The molecule has 0 aliphatic heterocycles. The molecule has 0 nitrogen and oxygen atoms in total. The Morgan fingerprint density at radius 1 is 0.200 bits per heavy atom. The number of rotatable bonds is 9. The molecule has 0 aliphatic rings. The lowest BCUT2D eigenvalue weighted by molar-refractivity contribution is 0.910. The van der Waals surface area contributed by atoms with Gasteiger partial charge in [0, 0.05) is 0 Å². The topological polar surface area (TPSA) is 0 Å². The molecule has 13 aromatic rings. The molecular weight excluding hydrogens is 721 g/mol. The van der Waals surface area contributed by atoms with Gasteiger partial charge >= 0.3 is 0 Å². The molecule has 0 aromatic heterocycles. The highest BCUT2D eigenvalue weighted by molar-refractivity contribution is 6.25. The van der Waals surface area contributed by atoms with Crippen LogP contribution in [0.15, 0.2) is 182 Å². The highest BCUT2D eigenvalue weighted by atomic mass is 14.2. The van der Waals surface area contributed by atoms with Gasteiger partial charge in [0.25, 0.3) is 0 Å². The van der Waals surface area contributed by atoms with Crippen molar-refractivity contribution in [2.45, 2.75) is 38.5 Å². The van der Waals surface area contributed by atoms with Gasteiger partial charge in [-0.25, -0.2) is 0 Å². The monoisotopic (exact) mass is 762 g/mol. The molecule has 0 heterocycles. The first-order valence-electron chi connectivity index (χ1n) is 21.8. The molecule has 0 saturated carbocycles. The van der Waals surface area contributed by atoms with Gasteiger partial charge in [-0.2, -0.15) is 0 Å². The Hall–Kier alpha value is -7.02. The Balaban J connectivity index is 0.861. The van der Waals surface area contributed by atoms with Crippen molar-refractivity contribution in [3.8, 4) is 0 Å². The minimum Gasteiger partial charge on any atom is -0.0610 e. The third-order valence-electron chi connectivity index (χ3n) is 14.0. The van der Waals surface area contributed by atoms with Crippen molar-refractivity contribution >= 4 is 97.0 Å². The molecule has 0 saturated heterocycles. The van der Waals surface area contributed by atoms with E-state index in [0.717, 1.165) is 38.5 Å². The minimum absolute atomic E-state index is 1.01. The molecule has 0 bridgehead atoms. The maximum atomic E-state index is 2.52. The van der Waals surface area contributed by atoms with Crippen LogP contribution in [0.4, 0.5) is 0 Å². The van der Waals surface area contributed by atoms with Crippen molar-refractivity contribution in [3.63, 3.8) is 0 Å². The van der Waals surface area contributed by atoms with E-state index >= 15 is 0 Å². The molecule has 0 N–H and O–H groups in total. The van der Waals surface area contributed by atoms with E-state index in [0.29, 0.717) is 0 Å². The third-order valence-corrected chi connectivity index (χ3v) is 14.0. The molecule has 0 aliphatic carbocycles. The van der Waals surface area contributed by atoms with Crippen LogP contribution in [0.25, 0.3) is 97.0 Å². The number of benzene rings is 13. The number of hydrogen-bond acceptors (Lipinski definition) is 0. The molecule has 60 heavy (non-hydrogen) atoms. The smallest absolute Gasteiger partial charge is 0.00240 e. The Labute approximate surface area is 349 Å². The van der Waals surface area contributed by atoms with Gasteiger partial charge in [-0.15, -0.1) is 0 Å². The zero-order chi connectivity index (χ0) is 39.3. The first-order valence-corrected chi connectivity index (χ1v) is 21.8. The van der Waals surface area contributed by atoms with Gasteiger partial charge in [-0.05, 0) is 169 Å². The average Bonchev–Trinajstić information content (AvgIpc) is 3.30. The summed E-state index contributed by atoms with van der Waals surface area (Å²) in [6.45, 7) is 0. The summed E-state index contributed by atoms with van der Waals surface area (Å²) >= 11 is 0. The van der Waals surface area contributed by atoms with E-state index in [1.165, 1.54) is 130 Å². The van der Waals surface area contributed by atoms with Crippen molar-refractivity contribution in [3.05, 3.63) is 215 Å². The maximum Gasteiger partial charge on any atom is -0.00240 e. The fraction of sp³-hybridized carbons (Fsp3) is 0.100. The lowest BCUT2D eigenvalue weighted by atomic mass is 9.88. The van der Waals surface area contributed by atoms with Crippen LogP contribution in [-0.2, 0) is 38.5 Å². The van der Waals surface area contributed by atoms with Gasteiger partial charge in [0.2, 0.25) is 0 Å². The van der Waals surface area contributed by atoms with E-state index in [1.54, 1.807) is 0 Å². The summed E-state index contributed by atoms with van der Waals surface area (Å²) in [6, 6.07) is 69.6. The van der Waals surface area contributed by atoms with Gasteiger partial charge in [0.1, 0.15) is 0 Å². The molecule has 0 heteroatoms. The highest BCUT2D eigenvalue weighted by Gasteiger charge is 2.15. The van der Waals surface area contributed by atoms with E-state index in [2.05, 4.69) is 182 Å². The molecule has 0 radical (unpaired) electrons. The lowest BCUT2D eigenvalue weighted by Gasteiger charge is -2.16. The second-order valence-corrected chi connectivity index (χ2v) is 17.4. The Morgan fingerprint density at radius 2 is 0.433 bits per heavy atom. The molecule has 13 aromatic carbocycles. The fourth-order valence-corrected chi connectivity index (χ4v) is 11.2. The van der Waals surface area contributed by atoms with Crippen LogP contribution < -0.4 is 0 Å². The summed E-state index contributed by atoms with van der Waals surface area (Å²) in [6.07, 6.45) is 6.09. The fourth-order valence-electron chi connectivity index (χ4n) is 11.2. The number of aryl methyl sites for hydroxylation is 6. The SMILES string of the molecule is c1cc2ccc3ccc(CCc4cc(CCc5ccc6ccc7cccc8ccc5c6c78)cc(CCc5ccc6ccc7cccc8ccc5c6c78)c4)c4ccc(c1)c2c34.